The summed E-state index contributed by atoms with van der Waals surface area (Å²) in [6, 6.07) is 10.1. The van der Waals surface area contributed by atoms with Gasteiger partial charge in [0.1, 0.15) is 5.82 Å². The standard InChI is InChI=1S/C18H16ClFN4OS2/c1-10-3-5-13(7-11(10)2)21-17-23-24-18(27-17)26-9-16(25)22-15-6-4-12(19)8-14(15)20/h3-8H,9H2,1-2H3,(H,21,23)(H,22,25). The van der Waals surface area contributed by atoms with Crippen molar-refractivity contribution in [3.63, 3.8) is 0 Å². The second-order valence-corrected chi connectivity index (χ2v) is 8.39. The highest BCUT2D eigenvalue weighted by molar-refractivity contribution is 8.01. The molecule has 0 saturated heterocycles. The fourth-order valence-electron chi connectivity index (χ4n) is 2.17. The minimum Gasteiger partial charge on any atom is -0.330 e. The molecule has 2 aromatic carbocycles. The number of hydrogen-bond acceptors (Lipinski definition) is 6. The summed E-state index contributed by atoms with van der Waals surface area (Å²) in [6.07, 6.45) is 0. The van der Waals surface area contributed by atoms with Crippen molar-refractivity contribution in [3.05, 3.63) is 58.4 Å². The van der Waals surface area contributed by atoms with E-state index in [1.165, 1.54) is 46.4 Å². The van der Waals surface area contributed by atoms with Crippen LogP contribution < -0.4 is 10.6 Å². The van der Waals surface area contributed by atoms with Gasteiger partial charge in [0, 0.05) is 10.7 Å². The Bertz CT molecular complexity index is 980. The van der Waals surface area contributed by atoms with Gasteiger partial charge in [0.05, 0.1) is 11.4 Å². The predicted molar refractivity (Wildman–Crippen MR) is 110 cm³/mol. The molecule has 1 aromatic heterocycles. The Hall–Kier alpha value is -2.16. The zero-order valence-electron chi connectivity index (χ0n) is 14.5. The molecule has 0 aliphatic rings. The predicted octanol–water partition coefficient (Wildman–Crippen LogP) is 5.42. The first kappa shape index (κ1) is 19.6. The van der Waals surface area contributed by atoms with Gasteiger partial charge >= 0.3 is 0 Å². The van der Waals surface area contributed by atoms with E-state index < -0.39 is 5.82 Å². The van der Waals surface area contributed by atoms with Crippen LogP contribution in [0.4, 0.5) is 20.9 Å². The second-order valence-electron chi connectivity index (χ2n) is 5.76. The molecular formula is C18H16ClFN4OS2. The van der Waals surface area contributed by atoms with Crippen LogP contribution in [0.2, 0.25) is 5.02 Å². The summed E-state index contributed by atoms with van der Waals surface area (Å²) in [4.78, 5) is 12.0. The third kappa shape index (κ3) is 5.41. The molecule has 0 aliphatic heterocycles. The Labute approximate surface area is 169 Å². The van der Waals surface area contributed by atoms with Gasteiger partial charge in [-0.15, -0.1) is 10.2 Å². The first-order valence-corrected chi connectivity index (χ1v) is 10.1. The summed E-state index contributed by atoms with van der Waals surface area (Å²) in [5.41, 5.74) is 3.43. The van der Waals surface area contributed by atoms with Crippen molar-refractivity contribution in [2.45, 2.75) is 18.2 Å². The van der Waals surface area contributed by atoms with Crippen molar-refractivity contribution in [2.75, 3.05) is 16.4 Å². The molecule has 1 heterocycles. The van der Waals surface area contributed by atoms with Gasteiger partial charge in [0.25, 0.3) is 0 Å². The zero-order valence-corrected chi connectivity index (χ0v) is 16.9. The number of amides is 1. The first-order valence-electron chi connectivity index (χ1n) is 7.96. The monoisotopic (exact) mass is 422 g/mol. The number of aromatic nitrogens is 2. The van der Waals surface area contributed by atoms with Crippen LogP contribution in [0, 0.1) is 19.7 Å². The van der Waals surface area contributed by atoms with Crippen molar-refractivity contribution in [3.8, 4) is 0 Å². The van der Waals surface area contributed by atoms with E-state index in [9.17, 15) is 9.18 Å². The number of aryl methyl sites for hydroxylation is 2. The van der Waals surface area contributed by atoms with Gasteiger partial charge in [-0.3, -0.25) is 4.79 Å². The molecule has 0 fully saturated rings. The molecule has 0 radical (unpaired) electrons. The van der Waals surface area contributed by atoms with E-state index in [0.29, 0.717) is 9.47 Å². The zero-order chi connectivity index (χ0) is 19.4. The Balaban J connectivity index is 1.54. The number of thioether (sulfide) groups is 1. The molecule has 0 bridgehead atoms. The van der Waals surface area contributed by atoms with Crippen LogP contribution in [-0.4, -0.2) is 21.9 Å². The normalized spacial score (nSPS) is 10.7. The number of halogens is 2. The molecule has 3 aromatic rings. The highest BCUT2D eigenvalue weighted by atomic mass is 35.5. The molecule has 0 atom stereocenters. The maximum absolute atomic E-state index is 13.7. The van der Waals surface area contributed by atoms with E-state index >= 15 is 0 Å². The Morgan fingerprint density at radius 1 is 1.19 bits per heavy atom. The summed E-state index contributed by atoms with van der Waals surface area (Å²) < 4.78 is 14.3. The van der Waals surface area contributed by atoms with Gasteiger partial charge in [0.15, 0.2) is 4.34 Å². The van der Waals surface area contributed by atoms with Crippen molar-refractivity contribution in [2.24, 2.45) is 0 Å². The fraction of sp³-hybridized carbons (Fsp3) is 0.167. The number of nitrogens with one attached hydrogen (secondary N) is 2. The molecule has 0 unspecified atom stereocenters. The van der Waals surface area contributed by atoms with Crippen LogP contribution in [0.25, 0.3) is 0 Å². The van der Waals surface area contributed by atoms with Crippen LogP contribution in [0.5, 0.6) is 0 Å². The number of carbonyl (C=O) groups is 1. The lowest BCUT2D eigenvalue weighted by Gasteiger charge is -2.05. The average Bonchev–Trinajstić information content (AvgIpc) is 3.06. The fourth-order valence-corrected chi connectivity index (χ4v) is 3.90. The quantitative estimate of drug-likeness (QED) is 0.519. The second kappa shape index (κ2) is 8.69. The van der Waals surface area contributed by atoms with Crippen molar-refractivity contribution >= 4 is 57.1 Å². The average molecular weight is 423 g/mol. The minimum absolute atomic E-state index is 0.0966. The van der Waals surface area contributed by atoms with Crippen LogP contribution in [0.1, 0.15) is 11.1 Å². The third-order valence-corrected chi connectivity index (χ3v) is 5.90. The number of nitrogens with zero attached hydrogens (tertiary/aromatic N) is 2. The third-order valence-electron chi connectivity index (χ3n) is 3.70. The van der Waals surface area contributed by atoms with E-state index in [-0.39, 0.29) is 22.4 Å². The van der Waals surface area contributed by atoms with Crippen LogP contribution >= 0.6 is 34.7 Å². The number of carbonyl (C=O) groups excluding carboxylic acids is 1. The van der Waals surface area contributed by atoms with Gasteiger partial charge in [-0.2, -0.15) is 0 Å². The van der Waals surface area contributed by atoms with Gasteiger partial charge in [-0.05, 0) is 55.3 Å². The number of anilines is 3. The van der Waals surface area contributed by atoms with E-state index in [4.69, 9.17) is 11.6 Å². The largest absolute Gasteiger partial charge is 0.330 e. The van der Waals surface area contributed by atoms with Gasteiger partial charge in [-0.1, -0.05) is 40.8 Å². The summed E-state index contributed by atoms with van der Waals surface area (Å²) in [7, 11) is 0. The summed E-state index contributed by atoms with van der Waals surface area (Å²) in [6.45, 7) is 4.10. The lowest BCUT2D eigenvalue weighted by atomic mass is 10.1. The topological polar surface area (TPSA) is 66.9 Å². The van der Waals surface area contributed by atoms with E-state index in [1.807, 2.05) is 25.1 Å². The summed E-state index contributed by atoms with van der Waals surface area (Å²) in [5, 5.41) is 14.8. The first-order chi connectivity index (χ1) is 12.9. The molecule has 0 aliphatic carbocycles. The van der Waals surface area contributed by atoms with E-state index in [1.54, 1.807) is 0 Å². The maximum Gasteiger partial charge on any atom is 0.234 e. The van der Waals surface area contributed by atoms with Gasteiger partial charge < -0.3 is 10.6 Å². The number of hydrogen-bond donors (Lipinski definition) is 2. The molecule has 0 spiro atoms. The Morgan fingerprint density at radius 3 is 2.74 bits per heavy atom. The molecule has 9 heteroatoms. The van der Waals surface area contributed by atoms with Crippen LogP contribution in [-0.2, 0) is 4.79 Å². The molecule has 3 rings (SSSR count). The van der Waals surface area contributed by atoms with Crippen molar-refractivity contribution in [1.29, 1.82) is 0 Å². The molecule has 2 N–H and O–H groups in total. The molecule has 27 heavy (non-hydrogen) atoms. The summed E-state index contributed by atoms with van der Waals surface area (Å²) in [5.74, 6) is -0.808. The smallest absolute Gasteiger partial charge is 0.234 e. The molecule has 140 valence electrons. The number of benzene rings is 2. The lowest BCUT2D eigenvalue weighted by Crippen LogP contribution is -2.14. The molecule has 0 saturated carbocycles. The Morgan fingerprint density at radius 2 is 2.00 bits per heavy atom. The van der Waals surface area contributed by atoms with Gasteiger partial charge in [-0.25, -0.2) is 4.39 Å². The lowest BCUT2D eigenvalue weighted by molar-refractivity contribution is -0.113. The van der Waals surface area contributed by atoms with E-state index in [0.717, 1.165) is 11.8 Å². The minimum atomic E-state index is -0.573. The van der Waals surface area contributed by atoms with Crippen molar-refractivity contribution < 1.29 is 9.18 Å². The molecule has 1 amide bonds. The highest BCUT2D eigenvalue weighted by Gasteiger charge is 2.11. The van der Waals surface area contributed by atoms with Gasteiger partial charge in [0.2, 0.25) is 11.0 Å². The molecule has 5 nitrogen and oxygen atoms in total. The van der Waals surface area contributed by atoms with Crippen LogP contribution in [0.3, 0.4) is 0 Å². The SMILES string of the molecule is Cc1ccc(Nc2nnc(SCC(=O)Nc3ccc(Cl)cc3F)s2)cc1C. The Kier molecular flexibility index (Phi) is 6.30. The summed E-state index contributed by atoms with van der Waals surface area (Å²) >= 11 is 8.28. The highest BCUT2D eigenvalue weighted by Crippen LogP contribution is 2.28. The van der Waals surface area contributed by atoms with Crippen LogP contribution in [0.15, 0.2) is 40.7 Å². The van der Waals surface area contributed by atoms with E-state index in [2.05, 4.69) is 27.8 Å². The molecular weight excluding hydrogens is 407 g/mol. The maximum atomic E-state index is 13.7. The van der Waals surface area contributed by atoms with Crippen molar-refractivity contribution in [1.82, 2.24) is 10.2 Å². The number of rotatable bonds is 6.